The van der Waals surface area contributed by atoms with Gasteiger partial charge in [-0.15, -0.1) is 0 Å². The summed E-state index contributed by atoms with van der Waals surface area (Å²) in [7, 11) is 0. The molecule has 2 heterocycles. The Bertz CT molecular complexity index is 1020. The molecule has 1 saturated heterocycles. The van der Waals surface area contributed by atoms with Gasteiger partial charge in [0.25, 0.3) is 11.6 Å². The third kappa shape index (κ3) is 3.78. The van der Waals surface area contributed by atoms with E-state index in [2.05, 4.69) is 5.32 Å². The molecule has 1 N–H and O–H groups in total. The van der Waals surface area contributed by atoms with Crippen molar-refractivity contribution in [2.75, 3.05) is 13.3 Å². The molecule has 0 bridgehead atoms. The number of hydrogen-bond acceptors (Lipinski definition) is 6. The molecule has 156 valence electrons. The van der Waals surface area contributed by atoms with Crippen LogP contribution < -0.4 is 14.8 Å². The maximum atomic E-state index is 12.9. The van der Waals surface area contributed by atoms with Crippen LogP contribution in [0.2, 0.25) is 0 Å². The number of hydrogen-bond donors (Lipinski definition) is 1. The summed E-state index contributed by atoms with van der Waals surface area (Å²) in [6.07, 6.45) is 1.30. The Morgan fingerprint density at radius 2 is 2.00 bits per heavy atom. The topological polar surface area (TPSA) is 111 Å². The minimum atomic E-state index is -0.568. The molecule has 0 saturated carbocycles. The van der Waals surface area contributed by atoms with Gasteiger partial charge in [0.2, 0.25) is 12.7 Å². The summed E-state index contributed by atoms with van der Waals surface area (Å²) < 4.78 is 10.6. The largest absolute Gasteiger partial charge is 0.454 e. The Labute approximate surface area is 172 Å². The Balaban J connectivity index is 1.42. The number of benzene rings is 2. The third-order valence-corrected chi connectivity index (χ3v) is 5.36. The van der Waals surface area contributed by atoms with Crippen molar-refractivity contribution in [3.05, 3.63) is 63.2 Å². The molecule has 0 aliphatic carbocycles. The van der Waals surface area contributed by atoms with Crippen LogP contribution in [0.3, 0.4) is 0 Å². The van der Waals surface area contributed by atoms with Gasteiger partial charge in [-0.3, -0.25) is 19.7 Å². The number of rotatable bonds is 5. The van der Waals surface area contributed by atoms with Gasteiger partial charge < -0.3 is 19.7 Å². The molecule has 1 fully saturated rings. The van der Waals surface area contributed by atoms with Crippen molar-refractivity contribution in [3.8, 4) is 11.5 Å². The molecule has 0 spiro atoms. The van der Waals surface area contributed by atoms with Crippen molar-refractivity contribution in [3.63, 3.8) is 0 Å². The van der Waals surface area contributed by atoms with E-state index in [1.807, 2.05) is 12.1 Å². The fourth-order valence-electron chi connectivity index (χ4n) is 3.80. The molecule has 0 radical (unpaired) electrons. The van der Waals surface area contributed by atoms with E-state index in [0.717, 1.165) is 12.0 Å². The Kier molecular flexibility index (Phi) is 5.26. The average molecular weight is 411 g/mol. The van der Waals surface area contributed by atoms with Gasteiger partial charge >= 0.3 is 0 Å². The lowest BCUT2D eigenvalue weighted by Crippen LogP contribution is -2.45. The first-order valence-electron chi connectivity index (χ1n) is 9.66. The molecule has 9 nitrogen and oxygen atoms in total. The molecule has 2 aromatic rings. The van der Waals surface area contributed by atoms with Crippen LogP contribution in [-0.4, -0.2) is 41.0 Å². The van der Waals surface area contributed by atoms with Crippen LogP contribution in [-0.2, 0) is 11.3 Å². The number of nitrogens with one attached hydrogen (secondary N) is 1. The molecule has 0 aromatic heterocycles. The predicted octanol–water partition coefficient (Wildman–Crippen LogP) is 2.55. The van der Waals surface area contributed by atoms with Gasteiger partial charge in [-0.2, -0.15) is 0 Å². The minimum Gasteiger partial charge on any atom is -0.454 e. The number of likely N-dealkylation sites (tertiary alicyclic amines) is 1. The van der Waals surface area contributed by atoms with E-state index in [-0.39, 0.29) is 24.3 Å². The molecule has 30 heavy (non-hydrogen) atoms. The zero-order valence-electron chi connectivity index (χ0n) is 16.4. The van der Waals surface area contributed by atoms with Gasteiger partial charge in [0.05, 0.1) is 4.92 Å². The van der Waals surface area contributed by atoms with Gasteiger partial charge in [-0.25, -0.2) is 0 Å². The molecular weight excluding hydrogens is 390 g/mol. The van der Waals surface area contributed by atoms with Crippen LogP contribution in [0.25, 0.3) is 0 Å². The number of amides is 2. The number of nitro groups is 1. The Morgan fingerprint density at radius 1 is 1.20 bits per heavy atom. The Hall–Kier alpha value is -3.62. The van der Waals surface area contributed by atoms with E-state index in [4.69, 9.17) is 9.47 Å². The lowest BCUT2D eigenvalue weighted by atomic mass is 10.1. The number of fused-ring (bicyclic) bond motifs is 1. The first kappa shape index (κ1) is 19.7. The molecule has 4 rings (SSSR count). The first-order chi connectivity index (χ1) is 14.4. The zero-order chi connectivity index (χ0) is 21.3. The van der Waals surface area contributed by atoms with Gasteiger partial charge in [-0.1, -0.05) is 6.07 Å². The predicted molar refractivity (Wildman–Crippen MR) is 106 cm³/mol. The van der Waals surface area contributed by atoms with Gasteiger partial charge in [0, 0.05) is 30.3 Å². The number of carbonyl (C=O) groups excluding carboxylic acids is 2. The normalized spacial score (nSPS) is 17.1. The molecule has 2 aliphatic rings. The van der Waals surface area contributed by atoms with Crippen molar-refractivity contribution < 1.29 is 24.0 Å². The van der Waals surface area contributed by atoms with Crippen molar-refractivity contribution in [1.82, 2.24) is 10.2 Å². The standard InChI is InChI=1S/C21H21N3O6/c1-13-9-15(5-6-16(13)24(27)28)21(26)23-8-2-3-17(23)20(25)22-11-14-4-7-18-19(10-14)30-12-29-18/h4-7,9-10,17H,2-3,8,11-12H2,1H3,(H,22,25). The van der Waals surface area contributed by atoms with E-state index < -0.39 is 11.0 Å². The zero-order valence-corrected chi connectivity index (χ0v) is 16.4. The van der Waals surface area contributed by atoms with E-state index >= 15 is 0 Å². The summed E-state index contributed by atoms with van der Waals surface area (Å²) in [5, 5.41) is 13.9. The quantitative estimate of drug-likeness (QED) is 0.598. The van der Waals surface area contributed by atoms with Crippen LogP contribution in [0.5, 0.6) is 11.5 Å². The average Bonchev–Trinajstić information content (AvgIpc) is 3.40. The highest BCUT2D eigenvalue weighted by Crippen LogP contribution is 2.32. The number of nitro benzene ring substituents is 1. The second-order valence-electron chi connectivity index (χ2n) is 7.32. The molecule has 2 aromatic carbocycles. The monoisotopic (exact) mass is 411 g/mol. The third-order valence-electron chi connectivity index (χ3n) is 5.36. The van der Waals surface area contributed by atoms with Crippen LogP contribution in [0.1, 0.15) is 34.3 Å². The van der Waals surface area contributed by atoms with Crippen LogP contribution >= 0.6 is 0 Å². The van der Waals surface area contributed by atoms with Crippen LogP contribution in [0.4, 0.5) is 5.69 Å². The maximum Gasteiger partial charge on any atom is 0.272 e. The van der Waals surface area contributed by atoms with Crippen molar-refractivity contribution in [1.29, 1.82) is 0 Å². The van der Waals surface area contributed by atoms with Crippen molar-refractivity contribution in [2.24, 2.45) is 0 Å². The molecular formula is C21H21N3O6. The first-order valence-corrected chi connectivity index (χ1v) is 9.66. The smallest absolute Gasteiger partial charge is 0.272 e. The number of carbonyl (C=O) groups is 2. The Morgan fingerprint density at radius 3 is 2.77 bits per heavy atom. The number of ether oxygens (including phenoxy) is 2. The molecule has 2 aliphatic heterocycles. The lowest BCUT2D eigenvalue weighted by Gasteiger charge is -2.24. The second-order valence-corrected chi connectivity index (χ2v) is 7.32. The maximum absolute atomic E-state index is 12.9. The summed E-state index contributed by atoms with van der Waals surface area (Å²) in [4.78, 5) is 37.8. The van der Waals surface area contributed by atoms with Gasteiger partial charge in [0.1, 0.15) is 6.04 Å². The van der Waals surface area contributed by atoms with Crippen LogP contribution in [0, 0.1) is 17.0 Å². The van der Waals surface area contributed by atoms with E-state index in [9.17, 15) is 19.7 Å². The summed E-state index contributed by atoms with van der Waals surface area (Å²) in [6, 6.07) is 9.17. The highest BCUT2D eigenvalue weighted by atomic mass is 16.7. The van der Waals surface area contributed by atoms with Gasteiger partial charge in [0.15, 0.2) is 11.5 Å². The molecule has 1 atom stereocenters. The molecule has 1 unspecified atom stereocenters. The lowest BCUT2D eigenvalue weighted by molar-refractivity contribution is -0.385. The molecule has 9 heteroatoms. The highest BCUT2D eigenvalue weighted by Gasteiger charge is 2.34. The van der Waals surface area contributed by atoms with E-state index in [0.29, 0.717) is 42.1 Å². The summed E-state index contributed by atoms with van der Waals surface area (Å²) in [5.41, 5.74) is 1.59. The summed E-state index contributed by atoms with van der Waals surface area (Å²) in [5.74, 6) is 0.801. The number of aryl methyl sites for hydroxylation is 1. The van der Waals surface area contributed by atoms with E-state index in [1.54, 1.807) is 13.0 Å². The van der Waals surface area contributed by atoms with Gasteiger partial charge in [-0.05, 0) is 49.6 Å². The second kappa shape index (κ2) is 8.02. The summed E-state index contributed by atoms with van der Waals surface area (Å²) in [6.45, 7) is 2.56. The van der Waals surface area contributed by atoms with Crippen molar-refractivity contribution in [2.45, 2.75) is 32.4 Å². The van der Waals surface area contributed by atoms with E-state index in [1.165, 1.54) is 23.1 Å². The fraction of sp³-hybridized carbons (Fsp3) is 0.333. The fourth-order valence-corrected chi connectivity index (χ4v) is 3.80. The molecule has 2 amide bonds. The SMILES string of the molecule is Cc1cc(C(=O)N2CCCC2C(=O)NCc2ccc3c(c2)OCO3)ccc1[N+](=O)[O-]. The summed E-state index contributed by atoms with van der Waals surface area (Å²) >= 11 is 0. The van der Waals surface area contributed by atoms with Crippen LogP contribution in [0.15, 0.2) is 36.4 Å². The minimum absolute atomic E-state index is 0.0361. The van der Waals surface area contributed by atoms with Crippen molar-refractivity contribution >= 4 is 17.5 Å². The number of nitrogens with zero attached hydrogens (tertiary/aromatic N) is 2. The highest BCUT2D eigenvalue weighted by molar-refractivity contribution is 5.98.